The van der Waals surface area contributed by atoms with Crippen LogP contribution in [0, 0.1) is 0 Å². The number of hydrogen-bond acceptors (Lipinski definition) is 18. The number of benzene rings is 2. The number of rotatable bonds is 47. The van der Waals surface area contributed by atoms with E-state index >= 15 is 0 Å². The molecule has 2 aromatic carbocycles. The molecule has 0 aliphatic carbocycles. The molecule has 0 radical (unpaired) electrons. The topological polar surface area (TPSA) is 338 Å². The number of nitrogens with zero attached hydrogens (tertiary/aromatic N) is 1. The van der Waals surface area contributed by atoms with Crippen LogP contribution in [0.4, 0.5) is 0 Å². The molecule has 1 aliphatic heterocycles. The molecular weight excluding hydrogens is 1020 g/mol. The van der Waals surface area contributed by atoms with Gasteiger partial charge in [0.15, 0.2) is 0 Å². The number of carbonyl (C=O) groups is 9. The van der Waals surface area contributed by atoms with Crippen LogP contribution < -0.4 is 37.6 Å². The molecule has 0 unspecified atom stereocenters. The molecule has 0 fully saturated rings. The average Bonchev–Trinajstić information content (AvgIpc) is 3.77. The first-order chi connectivity index (χ1) is 37.9. The fourth-order valence-electron chi connectivity index (χ4n) is 6.63. The minimum Gasteiger partial charge on any atom is -0.377 e. The number of hydrogen-bond donors (Lipinski definition) is 7. The third-order valence-corrected chi connectivity index (χ3v) is 10.7. The number of amides is 9. The molecule has 0 spiro atoms. The molecule has 26 nitrogen and oxygen atoms in total. The number of imide groups is 1. The maximum Gasteiger partial charge on any atom is 0.253 e. The van der Waals surface area contributed by atoms with Gasteiger partial charge in [0.1, 0.15) is 19.4 Å². The summed E-state index contributed by atoms with van der Waals surface area (Å²) in [5.74, 6) is -4.26. The Morgan fingerprint density at radius 2 is 0.974 bits per heavy atom. The van der Waals surface area contributed by atoms with Gasteiger partial charge in [0, 0.05) is 43.6 Å². The van der Waals surface area contributed by atoms with E-state index in [2.05, 4.69) is 31.9 Å². The van der Waals surface area contributed by atoms with Crippen molar-refractivity contribution >= 4 is 53.2 Å². The van der Waals surface area contributed by atoms with Crippen LogP contribution in [0.3, 0.4) is 0 Å². The second-order valence-corrected chi connectivity index (χ2v) is 16.9. The molecule has 1 atom stereocenters. The Balaban J connectivity index is 1.04. The first-order valence-electron chi connectivity index (χ1n) is 25.7. The van der Waals surface area contributed by atoms with Gasteiger partial charge in [-0.15, -0.1) is 0 Å². The maximum absolute atomic E-state index is 13.1. The van der Waals surface area contributed by atoms with E-state index in [9.17, 15) is 43.2 Å². The van der Waals surface area contributed by atoms with Gasteiger partial charge in [-0.1, -0.05) is 48.9 Å². The highest BCUT2D eigenvalue weighted by Gasteiger charge is 2.23. The number of nitrogens with one attached hydrogen (secondary N) is 6. The largest absolute Gasteiger partial charge is 0.377 e. The first kappa shape index (κ1) is 65.5. The van der Waals surface area contributed by atoms with E-state index in [4.69, 9.17) is 48.4 Å². The fraction of sp³-hybridized carbons (Fsp3) is 0.558. The van der Waals surface area contributed by atoms with Crippen LogP contribution in [-0.4, -0.2) is 209 Å². The second kappa shape index (κ2) is 42.3. The van der Waals surface area contributed by atoms with E-state index in [0.29, 0.717) is 124 Å². The van der Waals surface area contributed by atoms with Crippen molar-refractivity contribution in [2.75, 3.05) is 145 Å². The summed E-state index contributed by atoms with van der Waals surface area (Å²) in [7, 11) is 0. The SMILES string of the molecule is NC(=O)c1ccc(COCNC(=O)CNC(=O)[C@H](Cc2ccccc2)NC(=O)CNC(=O)CNC(=O)COCCOCCOCCOCCOCCOCCOCCOCCNC(=O)CCCCCN2C(=O)C=CC2=O)cc1. The van der Waals surface area contributed by atoms with Gasteiger partial charge in [-0.25, -0.2) is 0 Å². The van der Waals surface area contributed by atoms with Crippen LogP contribution in [0.5, 0.6) is 0 Å². The summed E-state index contributed by atoms with van der Waals surface area (Å²) in [5.41, 5.74) is 7.08. The predicted molar refractivity (Wildman–Crippen MR) is 278 cm³/mol. The molecule has 3 rings (SSSR count). The van der Waals surface area contributed by atoms with Crippen molar-refractivity contribution in [3.05, 3.63) is 83.4 Å². The third kappa shape index (κ3) is 32.7. The smallest absolute Gasteiger partial charge is 0.253 e. The monoisotopic (exact) mass is 1100 g/mol. The van der Waals surface area contributed by atoms with Crippen molar-refractivity contribution in [3.8, 4) is 0 Å². The number of ether oxygens (including phenoxy) is 9. The molecule has 1 heterocycles. The molecule has 0 saturated heterocycles. The van der Waals surface area contributed by atoms with E-state index in [1.807, 2.05) is 0 Å². The predicted octanol–water partition coefficient (Wildman–Crippen LogP) is -1.81. The van der Waals surface area contributed by atoms with Gasteiger partial charge in [-0.05, 0) is 36.1 Å². The summed E-state index contributed by atoms with van der Waals surface area (Å²) in [5, 5.41) is 15.2. The lowest BCUT2D eigenvalue weighted by atomic mass is 10.1. The number of primary amides is 1. The zero-order chi connectivity index (χ0) is 56.3. The van der Waals surface area contributed by atoms with Crippen LogP contribution in [0.2, 0.25) is 0 Å². The summed E-state index contributed by atoms with van der Waals surface area (Å²) in [4.78, 5) is 110. The van der Waals surface area contributed by atoms with Crippen LogP contribution in [0.15, 0.2) is 66.7 Å². The minimum absolute atomic E-state index is 0.0678. The second-order valence-electron chi connectivity index (χ2n) is 16.9. The fourth-order valence-corrected chi connectivity index (χ4v) is 6.63. The van der Waals surface area contributed by atoms with Gasteiger partial charge in [-0.2, -0.15) is 0 Å². The van der Waals surface area contributed by atoms with Gasteiger partial charge in [0.2, 0.25) is 41.4 Å². The molecule has 8 N–H and O–H groups in total. The molecule has 0 saturated carbocycles. The molecule has 1 aliphatic rings. The van der Waals surface area contributed by atoms with Crippen LogP contribution >= 0.6 is 0 Å². The highest BCUT2D eigenvalue weighted by atomic mass is 16.6. The van der Waals surface area contributed by atoms with Crippen molar-refractivity contribution in [3.63, 3.8) is 0 Å². The van der Waals surface area contributed by atoms with E-state index in [-0.39, 0.29) is 57.3 Å². The van der Waals surface area contributed by atoms with Gasteiger partial charge < -0.3 is 80.3 Å². The molecule has 78 heavy (non-hydrogen) atoms. The van der Waals surface area contributed by atoms with Crippen molar-refractivity contribution < 1.29 is 85.8 Å². The van der Waals surface area contributed by atoms with Crippen molar-refractivity contribution in [2.45, 2.75) is 44.8 Å². The van der Waals surface area contributed by atoms with E-state index in [0.717, 1.165) is 17.5 Å². The molecular formula is C52H76N8O18. The van der Waals surface area contributed by atoms with Crippen molar-refractivity contribution in [1.29, 1.82) is 0 Å². The lowest BCUT2D eigenvalue weighted by Crippen LogP contribution is -2.52. The van der Waals surface area contributed by atoms with Crippen LogP contribution in [0.25, 0.3) is 0 Å². The summed E-state index contributed by atoms with van der Waals surface area (Å²) in [6.45, 7) is 4.46. The Hall–Kier alpha value is -6.75. The Kier molecular flexibility index (Phi) is 35.5. The molecule has 9 amide bonds. The molecule has 2 aromatic rings. The van der Waals surface area contributed by atoms with Gasteiger partial charge in [-0.3, -0.25) is 48.1 Å². The van der Waals surface area contributed by atoms with Gasteiger partial charge >= 0.3 is 0 Å². The maximum atomic E-state index is 13.1. The van der Waals surface area contributed by atoms with E-state index in [1.54, 1.807) is 54.6 Å². The summed E-state index contributed by atoms with van der Waals surface area (Å²) in [6, 6.07) is 14.3. The van der Waals surface area contributed by atoms with Gasteiger partial charge in [0.05, 0.1) is 125 Å². The lowest BCUT2D eigenvalue weighted by Gasteiger charge is -2.19. The quantitative estimate of drug-likeness (QED) is 0.0218. The Bertz CT molecular complexity index is 2120. The lowest BCUT2D eigenvalue weighted by molar-refractivity contribution is -0.137. The summed E-state index contributed by atoms with van der Waals surface area (Å²) >= 11 is 0. The normalized spacial score (nSPS) is 12.3. The highest BCUT2D eigenvalue weighted by molar-refractivity contribution is 6.12. The average molecular weight is 1100 g/mol. The zero-order valence-electron chi connectivity index (χ0n) is 44.1. The number of unbranched alkanes of at least 4 members (excludes halogenated alkanes) is 2. The van der Waals surface area contributed by atoms with Crippen molar-refractivity contribution in [2.24, 2.45) is 5.73 Å². The first-order valence-corrected chi connectivity index (χ1v) is 25.7. The summed E-state index contributed by atoms with van der Waals surface area (Å²) in [6.07, 6.45) is 5.08. The van der Waals surface area contributed by atoms with Crippen molar-refractivity contribution in [1.82, 2.24) is 36.8 Å². The zero-order valence-corrected chi connectivity index (χ0v) is 44.1. The summed E-state index contributed by atoms with van der Waals surface area (Å²) < 4.78 is 48.9. The van der Waals surface area contributed by atoms with E-state index in [1.165, 1.54) is 17.1 Å². The number of carbonyl (C=O) groups excluding carboxylic acids is 9. The van der Waals surface area contributed by atoms with Crippen LogP contribution in [-0.2, 0) is 94.0 Å². The highest BCUT2D eigenvalue weighted by Crippen LogP contribution is 2.09. The Morgan fingerprint density at radius 3 is 1.54 bits per heavy atom. The standard InChI is InChI=1S/C52H76N8O18/c53-51(68)42-12-10-41(11-13-42)37-78-39-58-46(63)35-57-52(69)43(33-40-7-3-1-4-8-40)59-47(64)36-55-45(62)34-56-48(65)38-77-32-31-76-30-29-75-28-27-74-26-25-73-24-23-72-22-21-71-20-19-70-18-16-54-44(61)9-5-2-6-17-60-49(66)14-15-50(60)67/h1,3-4,7-8,10-15,43H,2,5-6,9,16-39H2,(H2,53,68)(H,54,61)(H,55,62)(H,56,65)(H,57,69)(H,58,63)(H,59,64)/t43-/m0/s1. The Morgan fingerprint density at radius 1 is 0.474 bits per heavy atom. The molecule has 26 heteroatoms. The number of nitrogens with two attached hydrogens (primary N) is 1. The van der Waals surface area contributed by atoms with E-state index < -0.39 is 61.1 Å². The van der Waals surface area contributed by atoms with Crippen LogP contribution in [0.1, 0.15) is 47.2 Å². The third-order valence-electron chi connectivity index (χ3n) is 10.7. The minimum atomic E-state index is -1.08. The molecule has 0 bridgehead atoms. The molecule has 0 aromatic heterocycles. The van der Waals surface area contributed by atoms with Gasteiger partial charge in [0.25, 0.3) is 11.8 Å². The molecule has 432 valence electrons. The Labute approximate surface area is 453 Å².